The number of hydrogen-bond donors (Lipinski definition) is 1. The Morgan fingerprint density at radius 2 is 2.12 bits per heavy atom. The van der Waals surface area contributed by atoms with Gasteiger partial charge in [0.25, 0.3) is 5.56 Å². The van der Waals surface area contributed by atoms with E-state index in [1.807, 2.05) is 0 Å². The van der Waals surface area contributed by atoms with Crippen molar-refractivity contribution in [1.29, 1.82) is 0 Å². The van der Waals surface area contributed by atoms with E-state index in [2.05, 4.69) is 11.9 Å². The highest BCUT2D eigenvalue weighted by Gasteiger charge is 2.00. The SMILES string of the molecule is CCCCOCCn1cc(C)c(=O)[nH]c1=O. The van der Waals surface area contributed by atoms with Gasteiger partial charge in [-0.2, -0.15) is 0 Å². The number of nitrogens with one attached hydrogen (secondary N) is 1. The maximum atomic E-state index is 11.4. The summed E-state index contributed by atoms with van der Waals surface area (Å²) in [5.74, 6) is 0. The first-order valence-corrected chi connectivity index (χ1v) is 5.53. The van der Waals surface area contributed by atoms with Crippen LogP contribution >= 0.6 is 0 Å². The van der Waals surface area contributed by atoms with Crippen LogP contribution in [0.4, 0.5) is 0 Å². The Morgan fingerprint density at radius 3 is 2.81 bits per heavy atom. The zero-order chi connectivity index (χ0) is 12.0. The first kappa shape index (κ1) is 12.7. The Hall–Kier alpha value is -1.36. The van der Waals surface area contributed by atoms with Crippen molar-refractivity contribution in [3.63, 3.8) is 0 Å². The van der Waals surface area contributed by atoms with Crippen LogP contribution in [0, 0.1) is 6.92 Å². The van der Waals surface area contributed by atoms with E-state index < -0.39 is 0 Å². The van der Waals surface area contributed by atoms with Crippen LogP contribution in [0.15, 0.2) is 15.8 Å². The van der Waals surface area contributed by atoms with Crippen LogP contribution in [0.25, 0.3) is 0 Å². The Labute approximate surface area is 94.1 Å². The van der Waals surface area contributed by atoms with E-state index in [-0.39, 0.29) is 11.2 Å². The van der Waals surface area contributed by atoms with Gasteiger partial charge in [-0.1, -0.05) is 13.3 Å². The van der Waals surface area contributed by atoms with Gasteiger partial charge in [-0.05, 0) is 13.3 Å². The van der Waals surface area contributed by atoms with Gasteiger partial charge in [-0.25, -0.2) is 4.79 Å². The van der Waals surface area contributed by atoms with E-state index in [1.165, 1.54) is 4.57 Å². The van der Waals surface area contributed by atoms with Crippen molar-refractivity contribution in [2.45, 2.75) is 33.2 Å². The molecule has 5 heteroatoms. The second-order valence-corrected chi connectivity index (χ2v) is 3.73. The van der Waals surface area contributed by atoms with Crippen LogP contribution in [0.3, 0.4) is 0 Å². The number of ether oxygens (including phenoxy) is 1. The van der Waals surface area contributed by atoms with E-state index in [0.717, 1.165) is 12.8 Å². The number of rotatable bonds is 6. The van der Waals surface area contributed by atoms with E-state index >= 15 is 0 Å². The highest BCUT2D eigenvalue weighted by Crippen LogP contribution is 1.89. The standard InChI is InChI=1S/C11H18N2O3/c1-3-4-6-16-7-5-13-8-9(2)10(14)12-11(13)15/h8H,3-7H2,1-2H3,(H,12,14,15). The first-order valence-electron chi connectivity index (χ1n) is 5.53. The second-order valence-electron chi connectivity index (χ2n) is 3.73. The second kappa shape index (κ2) is 6.27. The molecule has 1 N–H and O–H groups in total. The fourth-order valence-electron chi connectivity index (χ4n) is 1.30. The van der Waals surface area contributed by atoms with Crippen LogP contribution in [-0.4, -0.2) is 22.8 Å². The van der Waals surface area contributed by atoms with Crippen LogP contribution in [0.5, 0.6) is 0 Å². The van der Waals surface area contributed by atoms with Crippen LogP contribution in [-0.2, 0) is 11.3 Å². The molecule has 1 aromatic heterocycles. The van der Waals surface area contributed by atoms with Gasteiger partial charge in [0.1, 0.15) is 0 Å². The van der Waals surface area contributed by atoms with Crippen molar-refractivity contribution >= 4 is 0 Å². The summed E-state index contributed by atoms with van der Waals surface area (Å²) in [6.45, 7) is 5.45. The molecule has 0 aliphatic heterocycles. The monoisotopic (exact) mass is 226 g/mol. The Balaban J connectivity index is 2.51. The summed E-state index contributed by atoms with van der Waals surface area (Å²) in [7, 11) is 0. The third kappa shape index (κ3) is 3.66. The predicted molar refractivity (Wildman–Crippen MR) is 61.8 cm³/mol. The number of nitrogens with zero attached hydrogens (tertiary/aromatic N) is 1. The molecule has 0 unspecified atom stereocenters. The molecule has 90 valence electrons. The molecule has 0 fully saturated rings. The van der Waals surface area contributed by atoms with E-state index in [0.29, 0.717) is 25.3 Å². The highest BCUT2D eigenvalue weighted by molar-refractivity contribution is 5.00. The maximum absolute atomic E-state index is 11.4. The number of unbranched alkanes of at least 4 members (excludes halogenated alkanes) is 1. The lowest BCUT2D eigenvalue weighted by Gasteiger charge is -2.06. The molecule has 1 rings (SSSR count). The maximum Gasteiger partial charge on any atom is 0.328 e. The van der Waals surface area contributed by atoms with Crippen molar-refractivity contribution < 1.29 is 4.74 Å². The Kier molecular flexibility index (Phi) is 4.98. The number of aryl methyl sites for hydroxylation is 1. The van der Waals surface area contributed by atoms with Crippen molar-refractivity contribution in [3.05, 3.63) is 32.6 Å². The molecule has 0 spiro atoms. The lowest BCUT2D eigenvalue weighted by atomic mass is 10.4. The minimum Gasteiger partial charge on any atom is -0.380 e. The lowest BCUT2D eigenvalue weighted by Crippen LogP contribution is -2.31. The molecular weight excluding hydrogens is 208 g/mol. The molecule has 0 saturated carbocycles. The molecule has 0 atom stereocenters. The molecule has 0 aliphatic carbocycles. The fourth-order valence-corrected chi connectivity index (χ4v) is 1.30. The number of hydrogen-bond acceptors (Lipinski definition) is 3. The topological polar surface area (TPSA) is 64.1 Å². The Morgan fingerprint density at radius 1 is 1.38 bits per heavy atom. The molecule has 1 aromatic rings. The molecule has 0 aromatic carbocycles. The molecule has 0 aliphatic rings. The number of aromatic nitrogens is 2. The Bertz CT molecular complexity index is 434. The van der Waals surface area contributed by atoms with Crippen LogP contribution in [0.1, 0.15) is 25.3 Å². The highest BCUT2D eigenvalue weighted by atomic mass is 16.5. The average Bonchev–Trinajstić information content (AvgIpc) is 2.25. The van der Waals surface area contributed by atoms with Gasteiger partial charge in [0.15, 0.2) is 0 Å². The van der Waals surface area contributed by atoms with Crippen molar-refractivity contribution in [2.24, 2.45) is 0 Å². The zero-order valence-electron chi connectivity index (χ0n) is 9.78. The lowest BCUT2D eigenvalue weighted by molar-refractivity contribution is 0.122. The molecule has 1 heterocycles. The summed E-state index contributed by atoms with van der Waals surface area (Å²) in [5, 5.41) is 0. The average molecular weight is 226 g/mol. The summed E-state index contributed by atoms with van der Waals surface area (Å²) in [4.78, 5) is 24.7. The summed E-state index contributed by atoms with van der Waals surface area (Å²) < 4.78 is 6.81. The van der Waals surface area contributed by atoms with Gasteiger partial charge in [-0.3, -0.25) is 14.3 Å². The van der Waals surface area contributed by atoms with Crippen LogP contribution < -0.4 is 11.2 Å². The minimum atomic E-state index is -0.380. The first-order chi connectivity index (χ1) is 7.65. The third-order valence-electron chi connectivity index (χ3n) is 2.31. The summed E-state index contributed by atoms with van der Waals surface area (Å²) >= 11 is 0. The smallest absolute Gasteiger partial charge is 0.328 e. The quantitative estimate of drug-likeness (QED) is 0.725. The van der Waals surface area contributed by atoms with Crippen LogP contribution in [0.2, 0.25) is 0 Å². The molecular formula is C11H18N2O3. The zero-order valence-corrected chi connectivity index (χ0v) is 9.78. The largest absolute Gasteiger partial charge is 0.380 e. The van der Waals surface area contributed by atoms with E-state index in [9.17, 15) is 9.59 Å². The van der Waals surface area contributed by atoms with Crippen molar-refractivity contribution in [2.75, 3.05) is 13.2 Å². The van der Waals surface area contributed by atoms with Gasteiger partial charge in [0.05, 0.1) is 13.2 Å². The third-order valence-corrected chi connectivity index (χ3v) is 2.31. The van der Waals surface area contributed by atoms with Gasteiger partial charge in [0, 0.05) is 18.4 Å². The molecule has 0 bridgehead atoms. The molecule has 16 heavy (non-hydrogen) atoms. The van der Waals surface area contributed by atoms with Gasteiger partial charge < -0.3 is 4.74 Å². The number of H-pyrrole nitrogens is 1. The molecule has 0 amide bonds. The summed E-state index contributed by atoms with van der Waals surface area (Å²) in [6.07, 6.45) is 3.68. The molecule has 0 saturated heterocycles. The van der Waals surface area contributed by atoms with Gasteiger partial charge in [-0.15, -0.1) is 0 Å². The summed E-state index contributed by atoms with van der Waals surface area (Å²) in [5.41, 5.74) is -0.170. The predicted octanol–water partition coefficient (Wildman–Crippen LogP) is 0.662. The number of aromatic amines is 1. The summed E-state index contributed by atoms with van der Waals surface area (Å²) in [6, 6.07) is 0. The van der Waals surface area contributed by atoms with E-state index in [4.69, 9.17) is 4.74 Å². The molecule has 0 radical (unpaired) electrons. The van der Waals surface area contributed by atoms with Crippen molar-refractivity contribution in [1.82, 2.24) is 9.55 Å². The van der Waals surface area contributed by atoms with Gasteiger partial charge >= 0.3 is 5.69 Å². The van der Waals surface area contributed by atoms with E-state index in [1.54, 1.807) is 13.1 Å². The minimum absolute atomic E-state index is 0.326. The normalized spacial score (nSPS) is 10.6. The molecule has 5 nitrogen and oxygen atoms in total. The van der Waals surface area contributed by atoms with Crippen molar-refractivity contribution in [3.8, 4) is 0 Å². The fraction of sp³-hybridized carbons (Fsp3) is 0.636. The van der Waals surface area contributed by atoms with Gasteiger partial charge in [0.2, 0.25) is 0 Å².